The molecule has 3 heteroatoms. The van der Waals surface area contributed by atoms with E-state index in [0.29, 0.717) is 0 Å². The number of carbonyl (C=O) groups excluding carboxylic acids is 1. The average Bonchev–Trinajstić information content (AvgIpc) is 1.97. The van der Waals surface area contributed by atoms with Crippen molar-refractivity contribution in [1.82, 2.24) is 0 Å². The van der Waals surface area contributed by atoms with Gasteiger partial charge in [0, 0.05) is 13.8 Å². The van der Waals surface area contributed by atoms with Crippen LogP contribution < -0.4 is 0 Å². The van der Waals surface area contributed by atoms with Crippen LogP contribution in [0, 0.1) is 0 Å². The van der Waals surface area contributed by atoms with Gasteiger partial charge >= 0.3 is 6.09 Å². The topological polar surface area (TPSA) is 26.3 Å². The minimum absolute atomic E-state index is 0.199. The largest absolute Gasteiger partial charge is 0.525 e. The first-order valence-electron chi connectivity index (χ1n) is 3.20. The second-order valence-corrected chi connectivity index (χ2v) is 2.96. The molecule has 3 nitrogen and oxygen atoms in total. The van der Waals surface area contributed by atoms with Gasteiger partial charge in [0.1, 0.15) is 0 Å². The second-order valence-electron chi connectivity index (χ2n) is 2.96. The SMILES string of the molecule is CC1=C(C)[N+](C)(C)C(=O)O1. The number of carbonyl (C=O) groups is 1. The zero-order valence-corrected chi connectivity index (χ0v) is 6.76. The number of quaternary nitrogens is 1. The van der Waals surface area contributed by atoms with Crippen LogP contribution in [0.25, 0.3) is 0 Å². The predicted molar refractivity (Wildman–Crippen MR) is 37.0 cm³/mol. The Morgan fingerprint density at radius 3 is 1.90 bits per heavy atom. The van der Waals surface area contributed by atoms with E-state index < -0.39 is 0 Å². The van der Waals surface area contributed by atoms with E-state index in [1.165, 1.54) is 0 Å². The van der Waals surface area contributed by atoms with Crippen molar-refractivity contribution >= 4 is 6.09 Å². The number of rotatable bonds is 0. The number of hydrogen-bond acceptors (Lipinski definition) is 2. The molecule has 0 aromatic heterocycles. The zero-order valence-electron chi connectivity index (χ0n) is 6.76. The molecule has 56 valence electrons. The molecule has 0 radical (unpaired) electrons. The molecule has 1 heterocycles. The average molecular weight is 142 g/mol. The minimum Gasteiger partial charge on any atom is -0.379 e. The molecule has 0 bridgehead atoms. The molecule has 0 aliphatic carbocycles. The summed E-state index contributed by atoms with van der Waals surface area (Å²) in [5.41, 5.74) is 0.977. The lowest BCUT2D eigenvalue weighted by Gasteiger charge is -2.16. The summed E-state index contributed by atoms with van der Waals surface area (Å²) in [6.45, 7) is 3.71. The molecule has 0 N–H and O–H groups in total. The summed E-state index contributed by atoms with van der Waals surface area (Å²) in [5, 5.41) is 0. The summed E-state index contributed by atoms with van der Waals surface area (Å²) in [6.07, 6.45) is -0.199. The summed E-state index contributed by atoms with van der Waals surface area (Å²) in [5.74, 6) is 0.731. The Morgan fingerprint density at radius 1 is 1.30 bits per heavy atom. The van der Waals surface area contributed by atoms with E-state index in [-0.39, 0.29) is 10.6 Å². The van der Waals surface area contributed by atoms with Crippen molar-refractivity contribution in [3.8, 4) is 0 Å². The van der Waals surface area contributed by atoms with Crippen molar-refractivity contribution in [2.24, 2.45) is 0 Å². The predicted octanol–water partition coefficient (Wildman–Crippen LogP) is 1.46. The molecule has 0 atom stereocenters. The number of cyclic esters (lactones) is 1. The Balaban J connectivity index is 3.06. The molecule has 0 fully saturated rings. The first kappa shape index (κ1) is 7.28. The lowest BCUT2D eigenvalue weighted by Crippen LogP contribution is -2.39. The van der Waals surface area contributed by atoms with E-state index in [2.05, 4.69) is 0 Å². The van der Waals surface area contributed by atoms with Crippen molar-refractivity contribution in [1.29, 1.82) is 0 Å². The summed E-state index contributed by atoms with van der Waals surface area (Å²) in [7, 11) is 3.63. The van der Waals surface area contributed by atoms with Gasteiger partial charge in [-0.1, -0.05) is 0 Å². The molecule has 10 heavy (non-hydrogen) atoms. The first-order valence-corrected chi connectivity index (χ1v) is 3.20. The summed E-state index contributed by atoms with van der Waals surface area (Å²) >= 11 is 0. The monoisotopic (exact) mass is 142 g/mol. The highest BCUT2D eigenvalue weighted by atomic mass is 16.6. The molecule has 1 aliphatic heterocycles. The van der Waals surface area contributed by atoms with Crippen LogP contribution in [0.3, 0.4) is 0 Å². The third-order valence-electron chi connectivity index (χ3n) is 2.04. The van der Waals surface area contributed by atoms with Gasteiger partial charge in [0.2, 0.25) is 0 Å². The van der Waals surface area contributed by atoms with E-state index in [1.54, 1.807) is 6.92 Å². The zero-order chi connectivity index (χ0) is 7.94. The summed E-state index contributed by atoms with van der Waals surface area (Å²) in [4.78, 5) is 11.0. The Kier molecular flexibility index (Phi) is 1.33. The fourth-order valence-corrected chi connectivity index (χ4v) is 0.849. The lowest BCUT2D eigenvalue weighted by atomic mass is 10.4. The quantitative estimate of drug-likeness (QED) is 0.479. The highest BCUT2D eigenvalue weighted by Gasteiger charge is 2.40. The van der Waals surface area contributed by atoms with Gasteiger partial charge < -0.3 is 4.74 Å². The number of ether oxygens (including phenoxy) is 1. The normalized spacial score (nSPS) is 23.4. The maximum absolute atomic E-state index is 11.0. The third kappa shape index (κ3) is 0.743. The van der Waals surface area contributed by atoms with E-state index >= 15 is 0 Å². The summed E-state index contributed by atoms with van der Waals surface area (Å²) < 4.78 is 5.13. The van der Waals surface area contributed by atoms with E-state index in [4.69, 9.17) is 4.74 Å². The van der Waals surface area contributed by atoms with Crippen molar-refractivity contribution < 1.29 is 14.0 Å². The molecule has 0 saturated carbocycles. The van der Waals surface area contributed by atoms with Crippen LogP contribution in [-0.2, 0) is 4.74 Å². The van der Waals surface area contributed by atoms with Gasteiger partial charge in [0.25, 0.3) is 0 Å². The molecule has 1 aliphatic rings. The van der Waals surface area contributed by atoms with Crippen molar-refractivity contribution in [3.63, 3.8) is 0 Å². The Hall–Kier alpha value is -0.830. The van der Waals surface area contributed by atoms with Crippen LogP contribution in [0.2, 0.25) is 0 Å². The van der Waals surface area contributed by atoms with Gasteiger partial charge in [0.05, 0.1) is 14.1 Å². The van der Waals surface area contributed by atoms with Gasteiger partial charge in [-0.3, -0.25) is 0 Å². The van der Waals surface area contributed by atoms with Crippen LogP contribution in [-0.4, -0.2) is 24.7 Å². The second kappa shape index (κ2) is 1.83. The molecule has 0 aromatic carbocycles. The van der Waals surface area contributed by atoms with Crippen LogP contribution in [0.1, 0.15) is 13.8 Å². The first-order chi connectivity index (χ1) is 4.46. The number of allylic oxidation sites excluding steroid dienone is 2. The number of nitrogens with zero attached hydrogens (tertiary/aromatic N) is 1. The highest BCUT2D eigenvalue weighted by Crippen LogP contribution is 2.25. The fraction of sp³-hybridized carbons (Fsp3) is 0.571. The number of amides is 1. The lowest BCUT2D eigenvalue weighted by molar-refractivity contribution is -0.768. The van der Waals surface area contributed by atoms with Crippen LogP contribution in [0.4, 0.5) is 4.79 Å². The molecule has 1 amide bonds. The Labute approximate surface area is 60.5 Å². The molecular formula is C7H12NO2+. The van der Waals surface area contributed by atoms with E-state index in [0.717, 1.165) is 11.5 Å². The van der Waals surface area contributed by atoms with Gasteiger partial charge in [-0.05, 0) is 0 Å². The molecular weight excluding hydrogens is 130 g/mol. The van der Waals surface area contributed by atoms with E-state index in [1.807, 2.05) is 21.0 Å². The van der Waals surface area contributed by atoms with Crippen molar-refractivity contribution in [3.05, 3.63) is 11.5 Å². The third-order valence-corrected chi connectivity index (χ3v) is 2.04. The maximum atomic E-state index is 11.0. The van der Waals surface area contributed by atoms with Gasteiger partial charge in [-0.25, -0.2) is 0 Å². The highest BCUT2D eigenvalue weighted by molar-refractivity contribution is 5.64. The standard InChI is InChI=1S/C7H12NO2/c1-5-6(2)10-7(9)8(5,3)4/h1-4H3/q+1. The summed E-state index contributed by atoms with van der Waals surface area (Å²) in [6, 6.07) is 0. The fourth-order valence-electron chi connectivity index (χ4n) is 0.849. The molecule has 0 unspecified atom stereocenters. The maximum Gasteiger partial charge on any atom is 0.525 e. The van der Waals surface area contributed by atoms with Crippen LogP contribution in [0.15, 0.2) is 11.5 Å². The molecule has 0 spiro atoms. The Morgan fingerprint density at radius 2 is 1.80 bits per heavy atom. The number of hydrogen-bond donors (Lipinski definition) is 0. The van der Waals surface area contributed by atoms with Crippen LogP contribution in [0.5, 0.6) is 0 Å². The van der Waals surface area contributed by atoms with Gasteiger partial charge in [-0.15, -0.1) is 0 Å². The van der Waals surface area contributed by atoms with Crippen LogP contribution >= 0.6 is 0 Å². The van der Waals surface area contributed by atoms with Crippen molar-refractivity contribution in [2.45, 2.75) is 13.8 Å². The smallest absolute Gasteiger partial charge is 0.379 e. The van der Waals surface area contributed by atoms with Crippen molar-refractivity contribution in [2.75, 3.05) is 14.1 Å². The van der Waals surface area contributed by atoms with E-state index in [9.17, 15) is 4.79 Å². The van der Waals surface area contributed by atoms with Gasteiger partial charge in [-0.2, -0.15) is 9.28 Å². The molecule has 0 saturated heterocycles. The Bertz CT molecular complexity index is 216. The molecule has 0 aromatic rings. The molecule has 1 rings (SSSR count). The minimum atomic E-state index is -0.199. The van der Waals surface area contributed by atoms with Gasteiger partial charge in [0.15, 0.2) is 11.5 Å².